The molecule has 0 spiro atoms. The zero-order valence-electron chi connectivity index (χ0n) is 11.7. The molecule has 0 bridgehead atoms. The number of rotatable bonds is 5. The van der Waals surface area contributed by atoms with E-state index in [1.165, 1.54) is 19.3 Å². The lowest BCUT2D eigenvalue weighted by atomic mass is 9.96. The summed E-state index contributed by atoms with van der Waals surface area (Å²) in [6.07, 6.45) is 5.99. The van der Waals surface area contributed by atoms with Crippen LogP contribution in [0.5, 0.6) is 0 Å². The molecule has 3 nitrogen and oxygen atoms in total. The summed E-state index contributed by atoms with van der Waals surface area (Å²) in [4.78, 5) is 4.70. The second kappa shape index (κ2) is 7.29. The number of hydrogen-bond acceptors (Lipinski definition) is 2. The maximum atomic E-state index is 6.19. The van der Waals surface area contributed by atoms with E-state index in [0.29, 0.717) is 18.5 Å². The van der Waals surface area contributed by atoms with E-state index in [-0.39, 0.29) is 6.10 Å². The summed E-state index contributed by atoms with van der Waals surface area (Å²) in [5, 5.41) is 0. The molecule has 1 fully saturated rings. The Morgan fingerprint density at radius 1 is 1.26 bits per heavy atom. The Hall–Kier alpha value is -1.35. The van der Waals surface area contributed by atoms with Crippen molar-refractivity contribution in [2.45, 2.75) is 51.2 Å². The Labute approximate surface area is 115 Å². The molecule has 0 amide bonds. The molecule has 0 saturated heterocycles. The van der Waals surface area contributed by atoms with E-state index in [1.807, 2.05) is 37.3 Å². The third-order valence-corrected chi connectivity index (χ3v) is 3.61. The van der Waals surface area contributed by atoms with E-state index in [4.69, 9.17) is 15.5 Å². The normalized spacial score (nSPS) is 19.3. The highest BCUT2D eigenvalue weighted by Gasteiger charge is 2.19. The maximum absolute atomic E-state index is 6.19. The highest BCUT2D eigenvalue weighted by Crippen LogP contribution is 2.23. The van der Waals surface area contributed by atoms with Crippen LogP contribution in [-0.4, -0.2) is 18.5 Å². The van der Waals surface area contributed by atoms with E-state index in [0.717, 1.165) is 18.4 Å². The lowest BCUT2D eigenvalue weighted by Crippen LogP contribution is -2.27. The van der Waals surface area contributed by atoms with Crippen LogP contribution in [0, 0.1) is 0 Å². The Morgan fingerprint density at radius 2 is 1.95 bits per heavy atom. The molecule has 1 saturated carbocycles. The van der Waals surface area contributed by atoms with E-state index in [2.05, 4.69) is 0 Å². The number of benzene rings is 1. The minimum Gasteiger partial charge on any atom is -0.385 e. The molecular weight excluding hydrogens is 236 g/mol. The van der Waals surface area contributed by atoms with Crippen LogP contribution in [0.3, 0.4) is 0 Å². The summed E-state index contributed by atoms with van der Waals surface area (Å²) in [6, 6.07) is 10.5. The van der Waals surface area contributed by atoms with Crippen LogP contribution in [0.1, 0.15) is 50.7 Å². The van der Waals surface area contributed by atoms with Crippen LogP contribution in [0.25, 0.3) is 0 Å². The van der Waals surface area contributed by atoms with E-state index in [9.17, 15) is 0 Å². The van der Waals surface area contributed by atoms with E-state index >= 15 is 0 Å². The van der Waals surface area contributed by atoms with Crippen molar-refractivity contribution in [3.8, 4) is 0 Å². The smallest absolute Gasteiger partial charge is 0.139 e. The van der Waals surface area contributed by atoms with Gasteiger partial charge in [-0.25, -0.2) is 0 Å². The maximum Gasteiger partial charge on any atom is 0.139 e. The first kappa shape index (κ1) is 14.1. The monoisotopic (exact) mass is 260 g/mol. The largest absolute Gasteiger partial charge is 0.385 e. The van der Waals surface area contributed by atoms with Crippen molar-refractivity contribution >= 4 is 5.84 Å². The zero-order chi connectivity index (χ0) is 13.5. The fraction of sp³-hybridized carbons (Fsp3) is 0.562. The van der Waals surface area contributed by atoms with Gasteiger partial charge in [0.1, 0.15) is 11.9 Å². The van der Waals surface area contributed by atoms with Gasteiger partial charge in [-0.05, 0) is 25.3 Å². The SMILES string of the molecule is CCO[C@H](C(N)=NC1CCCCC1)c1ccccc1. The minimum absolute atomic E-state index is 0.201. The van der Waals surface area contributed by atoms with Gasteiger partial charge in [-0.15, -0.1) is 0 Å². The molecule has 1 aromatic rings. The van der Waals surface area contributed by atoms with Gasteiger partial charge in [0.15, 0.2) is 0 Å². The Balaban J connectivity index is 2.11. The summed E-state index contributed by atoms with van der Waals surface area (Å²) in [7, 11) is 0. The van der Waals surface area contributed by atoms with Gasteiger partial charge in [0, 0.05) is 6.61 Å². The zero-order valence-corrected chi connectivity index (χ0v) is 11.7. The van der Waals surface area contributed by atoms with Crippen LogP contribution >= 0.6 is 0 Å². The summed E-state index contributed by atoms with van der Waals surface area (Å²) in [6.45, 7) is 2.63. The van der Waals surface area contributed by atoms with Crippen molar-refractivity contribution in [3.63, 3.8) is 0 Å². The van der Waals surface area contributed by atoms with Gasteiger partial charge in [0.2, 0.25) is 0 Å². The molecule has 0 heterocycles. The fourth-order valence-electron chi connectivity index (χ4n) is 2.64. The highest BCUT2D eigenvalue weighted by atomic mass is 16.5. The number of nitrogens with zero attached hydrogens (tertiary/aromatic N) is 1. The molecule has 1 atom stereocenters. The molecule has 19 heavy (non-hydrogen) atoms. The third kappa shape index (κ3) is 4.06. The van der Waals surface area contributed by atoms with Gasteiger partial charge < -0.3 is 10.5 Å². The standard InChI is InChI=1S/C16H24N2O/c1-2-19-15(13-9-5-3-6-10-13)16(17)18-14-11-7-4-8-12-14/h3,5-6,9-10,14-15H,2,4,7-8,11-12H2,1H3,(H2,17,18)/t15-/m0/s1. The Morgan fingerprint density at radius 3 is 2.58 bits per heavy atom. The molecule has 1 aliphatic rings. The molecule has 0 aromatic heterocycles. The molecule has 1 aliphatic carbocycles. The number of ether oxygens (including phenoxy) is 1. The van der Waals surface area contributed by atoms with Crippen molar-refractivity contribution < 1.29 is 4.74 Å². The molecule has 104 valence electrons. The van der Waals surface area contributed by atoms with Gasteiger partial charge in [-0.3, -0.25) is 4.99 Å². The van der Waals surface area contributed by atoms with Gasteiger partial charge >= 0.3 is 0 Å². The Bertz CT molecular complexity index is 396. The molecular formula is C16H24N2O. The molecule has 0 unspecified atom stereocenters. The summed E-state index contributed by atoms with van der Waals surface area (Å²) in [5.41, 5.74) is 7.28. The summed E-state index contributed by atoms with van der Waals surface area (Å²) >= 11 is 0. The first-order valence-electron chi connectivity index (χ1n) is 7.31. The average Bonchev–Trinajstić information content (AvgIpc) is 2.46. The molecule has 0 aliphatic heterocycles. The predicted molar refractivity (Wildman–Crippen MR) is 79.3 cm³/mol. The molecule has 2 rings (SSSR count). The quantitative estimate of drug-likeness (QED) is 0.651. The summed E-state index contributed by atoms with van der Waals surface area (Å²) < 4.78 is 5.78. The van der Waals surface area contributed by atoms with E-state index in [1.54, 1.807) is 0 Å². The van der Waals surface area contributed by atoms with Crippen LogP contribution in [0.4, 0.5) is 0 Å². The van der Waals surface area contributed by atoms with Crippen molar-refractivity contribution in [1.82, 2.24) is 0 Å². The first-order valence-corrected chi connectivity index (χ1v) is 7.31. The lowest BCUT2D eigenvalue weighted by molar-refractivity contribution is 0.109. The molecule has 0 radical (unpaired) electrons. The topological polar surface area (TPSA) is 47.6 Å². The predicted octanol–water partition coefficient (Wildman–Crippen LogP) is 3.45. The van der Waals surface area contributed by atoms with Gasteiger partial charge in [0.05, 0.1) is 6.04 Å². The minimum atomic E-state index is -0.201. The van der Waals surface area contributed by atoms with Crippen molar-refractivity contribution in [3.05, 3.63) is 35.9 Å². The van der Waals surface area contributed by atoms with Crippen molar-refractivity contribution in [2.75, 3.05) is 6.61 Å². The van der Waals surface area contributed by atoms with Crippen LogP contribution in [-0.2, 0) is 4.74 Å². The molecule has 1 aromatic carbocycles. The van der Waals surface area contributed by atoms with Gasteiger partial charge in [-0.1, -0.05) is 49.6 Å². The number of hydrogen-bond donors (Lipinski definition) is 1. The van der Waals surface area contributed by atoms with E-state index < -0.39 is 0 Å². The molecule has 3 heteroatoms. The average molecular weight is 260 g/mol. The van der Waals surface area contributed by atoms with Crippen LogP contribution < -0.4 is 5.73 Å². The van der Waals surface area contributed by atoms with Crippen molar-refractivity contribution in [2.24, 2.45) is 10.7 Å². The Kier molecular flexibility index (Phi) is 5.40. The second-order valence-electron chi connectivity index (χ2n) is 5.09. The van der Waals surface area contributed by atoms with Crippen LogP contribution in [0.2, 0.25) is 0 Å². The van der Waals surface area contributed by atoms with Gasteiger partial charge in [0.25, 0.3) is 0 Å². The first-order chi connectivity index (χ1) is 9.31. The highest BCUT2D eigenvalue weighted by molar-refractivity contribution is 5.86. The fourth-order valence-corrected chi connectivity index (χ4v) is 2.64. The van der Waals surface area contributed by atoms with Crippen LogP contribution in [0.15, 0.2) is 35.3 Å². The number of nitrogens with two attached hydrogens (primary N) is 1. The molecule has 2 N–H and O–H groups in total. The van der Waals surface area contributed by atoms with Crippen molar-refractivity contribution in [1.29, 1.82) is 0 Å². The third-order valence-electron chi connectivity index (χ3n) is 3.61. The van der Waals surface area contributed by atoms with Gasteiger partial charge in [-0.2, -0.15) is 0 Å². The number of aliphatic imine (C=N–C) groups is 1. The summed E-state index contributed by atoms with van der Waals surface area (Å²) in [5.74, 6) is 0.625. The second-order valence-corrected chi connectivity index (χ2v) is 5.09. The number of amidine groups is 1. The lowest BCUT2D eigenvalue weighted by Gasteiger charge is -2.22.